The standard InChI is InChI=1S/C56H88NP2S2Si2/c1-9-15-42-62(43-16-10-2,44-17-11-3)51-38-34-49(35-39-51)59(48-28-22-21-23-29-48,50-36-40-52(41-37-50)63(45-18-12-4,46-19-13-5)47-20-14-6)57-58(53-30-24-26-32-55(53)60-7)54-31-25-27-33-56(54)61-8/h24-27,30-41,48,57H,9-23,28-29,42-47H2,1-8H3/q+1. The molecule has 1 N–H and O–H groups in total. The van der Waals surface area contributed by atoms with Crippen molar-refractivity contribution in [2.24, 2.45) is 0 Å². The molecule has 0 atom stereocenters. The van der Waals surface area contributed by atoms with Crippen LogP contribution >= 0.6 is 39.0 Å². The van der Waals surface area contributed by atoms with Gasteiger partial charge >= 0.3 is 0 Å². The van der Waals surface area contributed by atoms with Gasteiger partial charge in [-0.1, -0.05) is 232 Å². The molecule has 1 nitrogen and oxygen atoms in total. The van der Waals surface area contributed by atoms with E-state index in [4.69, 9.17) is 4.86 Å². The largest absolute Gasteiger partial charge is 0.154 e. The predicted molar refractivity (Wildman–Crippen MR) is 301 cm³/mol. The van der Waals surface area contributed by atoms with Crippen molar-refractivity contribution in [3.05, 3.63) is 97.1 Å². The van der Waals surface area contributed by atoms with Crippen LogP contribution in [-0.4, -0.2) is 34.3 Å². The van der Waals surface area contributed by atoms with Crippen molar-refractivity contribution in [3.8, 4) is 0 Å². The summed E-state index contributed by atoms with van der Waals surface area (Å²) in [4.78, 5) is 7.77. The molecule has 63 heavy (non-hydrogen) atoms. The Labute approximate surface area is 401 Å². The highest BCUT2D eigenvalue weighted by Crippen LogP contribution is 2.65. The van der Waals surface area contributed by atoms with Gasteiger partial charge in [0.25, 0.3) is 0 Å². The van der Waals surface area contributed by atoms with Gasteiger partial charge in [0, 0.05) is 20.4 Å². The quantitative estimate of drug-likeness (QED) is 0.0331. The number of thioether (sulfide) groups is 2. The number of hydrogen-bond acceptors (Lipinski definition) is 3. The Bertz CT molecular complexity index is 1710. The second-order valence-electron chi connectivity index (χ2n) is 19.1. The van der Waals surface area contributed by atoms with E-state index < -0.39 is 31.6 Å². The molecule has 0 unspecified atom stereocenters. The van der Waals surface area contributed by atoms with Crippen molar-refractivity contribution in [3.63, 3.8) is 0 Å². The van der Waals surface area contributed by atoms with Crippen LogP contribution in [0.1, 0.15) is 151 Å². The van der Waals surface area contributed by atoms with Crippen molar-refractivity contribution >= 4 is 86.7 Å². The average Bonchev–Trinajstić information content (AvgIpc) is 3.35. The molecule has 4 aromatic carbocycles. The molecule has 0 amide bonds. The fraction of sp³-hybridized carbons (Fsp3) is 0.571. The second-order valence-corrected chi connectivity index (χ2v) is 35.7. The van der Waals surface area contributed by atoms with E-state index >= 15 is 0 Å². The molecule has 0 heterocycles. The van der Waals surface area contributed by atoms with Crippen LogP contribution in [-0.2, 0) is 0 Å². The summed E-state index contributed by atoms with van der Waals surface area (Å²) in [6.45, 7) is 14.5. The van der Waals surface area contributed by atoms with Gasteiger partial charge in [-0.3, -0.25) is 0 Å². The van der Waals surface area contributed by atoms with E-state index in [0.717, 1.165) is 0 Å². The SMILES string of the molecule is CCCC[Si](CCCC)(CCCC)c1ccc([P+](NP(c2ccccc2SC)c2ccccc2SC)(c2ccc([Si](CCCC)(CCCC)CCCC)cc2)C2CCCCC2)cc1. The summed E-state index contributed by atoms with van der Waals surface area (Å²) >= 11 is 3.85. The van der Waals surface area contributed by atoms with Gasteiger partial charge in [-0.2, -0.15) is 4.86 Å². The molecule has 0 aromatic heterocycles. The minimum absolute atomic E-state index is 0.611. The summed E-state index contributed by atoms with van der Waals surface area (Å²) in [5.41, 5.74) is 0.611. The summed E-state index contributed by atoms with van der Waals surface area (Å²) in [6, 6.07) is 49.3. The summed E-state index contributed by atoms with van der Waals surface area (Å²) < 4.78 is 0. The van der Waals surface area contributed by atoms with Gasteiger partial charge in [0.05, 0.1) is 29.9 Å². The van der Waals surface area contributed by atoms with Crippen molar-refractivity contribution in [1.82, 2.24) is 4.86 Å². The van der Waals surface area contributed by atoms with Crippen LogP contribution in [0.3, 0.4) is 0 Å². The van der Waals surface area contributed by atoms with Gasteiger partial charge in [0.2, 0.25) is 0 Å². The van der Waals surface area contributed by atoms with Crippen LogP contribution in [0.15, 0.2) is 107 Å². The minimum Gasteiger partial charge on any atom is -0.154 e. The van der Waals surface area contributed by atoms with Crippen LogP contribution in [0.2, 0.25) is 36.3 Å². The fourth-order valence-electron chi connectivity index (χ4n) is 11.1. The van der Waals surface area contributed by atoms with Crippen molar-refractivity contribution in [2.75, 3.05) is 12.5 Å². The zero-order chi connectivity index (χ0) is 45.0. The molecule has 0 bridgehead atoms. The summed E-state index contributed by atoms with van der Waals surface area (Å²) in [6.07, 6.45) is 27.3. The molecule has 0 radical (unpaired) electrons. The molecule has 5 rings (SSSR count). The Hall–Kier alpha value is -1.17. The average molecular weight is 958 g/mol. The zero-order valence-corrected chi connectivity index (χ0v) is 46.7. The van der Waals surface area contributed by atoms with E-state index in [2.05, 4.69) is 151 Å². The number of hydrogen-bond donors (Lipinski definition) is 1. The highest BCUT2D eigenvalue weighted by molar-refractivity contribution is 8.01. The van der Waals surface area contributed by atoms with Crippen LogP contribution in [0.4, 0.5) is 0 Å². The van der Waals surface area contributed by atoms with Crippen molar-refractivity contribution < 1.29 is 0 Å². The first-order valence-corrected chi connectivity index (χ1v) is 36.7. The third-order valence-electron chi connectivity index (χ3n) is 14.9. The fourth-order valence-corrected chi connectivity index (χ4v) is 32.8. The van der Waals surface area contributed by atoms with Crippen molar-refractivity contribution in [1.29, 1.82) is 0 Å². The van der Waals surface area contributed by atoms with E-state index in [0.29, 0.717) is 5.66 Å². The molecule has 1 fully saturated rings. The highest BCUT2D eigenvalue weighted by Gasteiger charge is 2.53. The summed E-state index contributed by atoms with van der Waals surface area (Å²) in [5.74, 6) is 0. The van der Waals surface area contributed by atoms with Crippen LogP contribution < -0.4 is 36.4 Å². The Balaban J connectivity index is 1.82. The lowest BCUT2D eigenvalue weighted by atomic mass is 10.0. The molecule has 0 saturated heterocycles. The first kappa shape index (κ1) is 52.8. The first-order valence-electron chi connectivity index (χ1n) is 25.8. The molecular weight excluding hydrogens is 869 g/mol. The van der Waals surface area contributed by atoms with Crippen molar-refractivity contribution in [2.45, 2.75) is 202 Å². The Kier molecular flexibility index (Phi) is 23.1. The molecule has 0 aliphatic heterocycles. The molecule has 1 aliphatic rings. The molecule has 346 valence electrons. The maximum absolute atomic E-state index is 4.95. The maximum Gasteiger partial charge on any atom is 0.153 e. The highest BCUT2D eigenvalue weighted by atomic mass is 32.2. The number of rotatable bonds is 29. The molecular formula is C56H88NP2S2Si2+. The van der Waals surface area contributed by atoms with E-state index in [1.54, 1.807) is 21.0 Å². The van der Waals surface area contributed by atoms with E-state index in [-0.39, 0.29) is 0 Å². The van der Waals surface area contributed by atoms with Gasteiger partial charge < -0.3 is 0 Å². The summed E-state index contributed by atoms with van der Waals surface area (Å²) in [5, 5.41) is 9.70. The molecule has 1 aliphatic carbocycles. The molecule has 4 aromatic rings. The van der Waals surface area contributed by atoms with Gasteiger partial charge in [-0.25, -0.2) is 0 Å². The number of nitrogens with one attached hydrogen (secondary N) is 1. The lowest BCUT2D eigenvalue weighted by Gasteiger charge is -2.40. The Morgan fingerprint density at radius 3 is 1.13 bits per heavy atom. The predicted octanol–water partition coefficient (Wildman–Crippen LogP) is 16.1. The Morgan fingerprint density at radius 2 is 0.810 bits per heavy atom. The first-order chi connectivity index (χ1) is 30.8. The lowest BCUT2D eigenvalue weighted by molar-refractivity contribution is 0.509. The summed E-state index contributed by atoms with van der Waals surface area (Å²) in [7, 11) is -6.43. The van der Waals surface area contributed by atoms with E-state index in [1.807, 2.05) is 23.5 Å². The normalized spacial score (nSPS) is 14.2. The third-order valence-corrected chi connectivity index (χ3v) is 35.4. The monoisotopic (exact) mass is 957 g/mol. The molecule has 0 spiro atoms. The number of unbranched alkanes of at least 4 members (excludes halogenated alkanes) is 6. The van der Waals surface area contributed by atoms with Gasteiger partial charge in [0.1, 0.15) is 10.6 Å². The smallest absolute Gasteiger partial charge is 0.153 e. The maximum atomic E-state index is 4.95. The Morgan fingerprint density at radius 1 is 0.476 bits per heavy atom. The zero-order valence-electron chi connectivity index (χ0n) is 41.3. The van der Waals surface area contributed by atoms with Crippen LogP contribution in [0.25, 0.3) is 0 Å². The van der Waals surface area contributed by atoms with Gasteiger partial charge in [0.15, 0.2) is 7.41 Å². The molecule has 7 heteroatoms. The van der Waals surface area contributed by atoms with Gasteiger partial charge in [-0.15, -0.1) is 23.5 Å². The van der Waals surface area contributed by atoms with Gasteiger partial charge in [-0.05, 0) is 74.6 Å². The lowest BCUT2D eigenvalue weighted by Crippen LogP contribution is -2.49. The minimum atomic E-state index is -2.20. The molecule has 1 saturated carbocycles. The number of benzene rings is 4. The third kappa shape index (κ3) is 13.3. The topological polar surface area (TPSA) is 12.0 Å². The van der Waals surface area contributed by atoms with E-state index in [1.165, 1.54) is 166 Å². The van der Waals surface area contributed by atoms with Crippen LogP contribution in [0, 0.1) is 0 Å². The van der Waals surface area contributed by atoms with Crippen LogP contribution in [0.5, 0.6) is 0 Å². The van der Waals surface area contributed by atoms with E-state index in [9.17, 15) is 0 Å². The second kappa shape index (κ2) is 27.6.